The fourth-order valence-corrected chi connectivity index (χ4v) is 3.89. The molecule has 0 unspecified atom stereocenters. The average Bonchev–Trinajstić information content (AvgIpc) is 3.34. The zero-order valence-electron chi connectivity index (χ0n) is 13.0. The maximum absolute atomic E-state index is 13.2. The first kappa shape index (κ1) is 15.5. The predicted molar refractivity (Wildman–Crippen MR) is 90.4 cm³/mol. The lowest BCUT2D eigenvalue weighted by atomic mass is 10.0. The van der Waals surface area contributed by atoms with Gasteiger partial charge in [-0.05, 0) is 42.0 Å². The first-order chi connectivity index (χ1) is 11.7. The first-order valence-corrected chi connectivity index (χ1v) is 8.92. The predicted octanol–water partition coefficient (Wildman–Crippen LogP) is 3.74. The normalized spacial score (nSPS) is 23.5. The number of benzene rings is 1. The number of rotatable bonds is 3. The van der Waals surface area contributed by atoms with E-state index in [1.165, 1.54) is 17.1 Å². The molecule has 0 saturated carbocycles. The van der Waals surface area contributed by atoms with Crippen molar-refractivity contribution in [2.75, 3.05) is 6.61 Å². The molecule has 2 aromatic rings. The van der Waals surface area contributed by atoms with E-state index >= 15 is 0 Å². The number of thiophene rings is 1. The van der Waals surface area contributed by atoms with Gasteiger partial charge in [-0.1, -0.05) is 18.2 Å². The van der Waals surface area contributed by atoms with Crippen LogP contribution >= 0.6 is 11.3 Å². The van der Waals surface area contributed by atoms with Crippen LogP contribution in [0.5, 0.6) is 0 Å². The Hall–Kier alpha value is -2.05. The zero-order valence-corrected chi connectivity index (χ0v) is 13.8. The van der Waals surface area contributed by atoms with Crippen LogP contribution in [0.2, 0.25) is 0 Å². The topological polar surface area (TPSA) is 41.9 Å². The van der Waals surface area contributed by atoms with Gasteiger partial charge in [0.1, 0.15) is 11.9 Å². The summed E-state index contributed by atoms with van der Waals surface area (Å²) in [6.45, 7) is 0.618. The van der Waals surface area contributed by atoms with E-state index in [1.807, 2.05) is 17.5 Å². The highest BCUT2D eigenvalue weighted by Crippen LogP contribution is 2.35. The Morgan fingerprint density at radius 2 is 2.12 bits per heavy atom. The summed E-state index contributed by atoms with van der Waals surface area (Å²) in [6.07, 6.45) is 1.84. The van der Waals surface area contributed by atoms with Crippen molar-refractivity contribution < 1.29 is 13.9 Å². The Kier molecular flexibility index (Phi) is 4.16. The van der Waals surface area contributed by atoms with Gasteiger partial charge in [0.05, 0.1) is 16.6 Å². The van der Waals surface area contributed by atoms with Crippen molar-refractivity contribution in [2.45, 2.75) is 31.4 Å². The highest BCUT2D eigenvalue weighted by molar-refractivity contribution is 7.12. The third kappa shape index (κ3) is 2.87. The molecule has 3 heterocycles. The van der Waals surface area contributed by atoms with Gasteiger partial charge < -0.3 is 4.74 Å². The standard InChI is InChI=1S/C18H17FN2O2S/c19-13-7-5-12(6-8-13)15-11-14(17-4-2-10-24-17)20-21(15)18(22)16-3-1-9-23-16/h2,4-8,10,15-16H,1,3,9,11H2/t15-,16+/m0/s1. The second kappa shape index (κ2) is 6.45. The summed E-state index contributed by atoms with van der Waals surface area (Å²) in [5, 5.41) is 8.13. The Morgan fingerprint density at radius 1 is 1.29 bits per heavy atom. The third-order valence-corrected chi connectivity index (χ3v) is 5.32. The van der Waals surface area contributed by atoms with Gasteiger partial charge in [0.25, 0.3) is 5.91 Å². The molecule has 1 amide bonds. The van der Waals surface area contributed by atoms with Gasteiger partial charge in [-0.15, -0.1) is 11.3 Å². The van der Waals surface area contributed by atoms with E-state index in [0.717, 1.165) is 29.0 Å². The summed E-state index contributed by atoms with van der Waals surface area (Å²) in [5.74, 6) is -0.387. The Labute approximate surface area is 143 Å². The van der Waals surface area contributed by atoms with Crippen molar-refractivity contribution in [3.8, 4) is 0 Å². The number of halogens is 1. The molecule has 124 valence electrons. The first-order valence-electron chi connectivity index (χ1n) is 8.04. The number of amides is 1. The summed E-state index contributed by atoms with van der Waals surface area (Å²) in [7, 11) is 0. The van der Waals surface area contributed by atoms with Crippen LogP contribution in [0, 0.1) is 5.82 Å². The minimum absolute atomic E-state index is 0.103. The molecule has 4 rings (SSSR count). The van der Waals surface area contributed by atoms with Crippen molar-refractivity contribution in [2.24, 2.45) is 5.10 Å². The van der Waals surface area contributed by atoms with Gasteiger partial charge in [0.15, 0.2) is 0 Å². The SMILES string of the molecule is O=C([C@H]1CCCO1)N1N=C(c2cccs2)C[C@H]1c1ccc(F)cc1. The van der Waals surface area contributed by atoms with Crippen molar-refractivity contribution >= 4 is 23.0 Å². The molecule has 0 spiro atoms. The Morgan fingerprint density at radius 3 is 2.79 bits per heavy atom. The maximum atomic E-state index is 13.2. The van der Waals surface area contributed by atoms with Crippen LogP contribution in [0.15, 0.2) is 46.9 Å². The lowest BCUT2D eigenvalue weighted by Crippen LogP contribution is -2.35. The number of hydrazone groups is 1. The number of carbonyl (C=O) groups is 1. The molecule has 2 aliphatic rings. The fourth-order valence-electron chi connectivity index (χ4n) is 3.17. The van der Waals surface area contributed by atoms with Gasteiger partial charge >= 0.3 is 0 Å². The van der Waals surface area contributed by atoms with Gasteiger partial charge in [-0.25, -0.2) is 9.40 Å². The summed E-state index contributed by atoms with van der Waals surface area (Å²) < 4.78 is 18.8. The van der Waals surface area contributed by atoms with E-state index in [2.05, 4.69) is 5.10 Å². The van der Waals surface area contributed by atoms with Gasteiger partial charge in [-0.2, -0.15) is 5.10 Å². The van der Waals surface area contributed by atoms with Crippen molar-refractivity contribution in [1.82, 2.24) is 5.01 Å². The minimum Gasteiger partial charge on any atom is -0.368 e. The summed E-state index contributed by atoms with van der Waals surface area (Å²) >= 11 is 1.61. The lowest BCUT2D eigenvalue weighted by Gasteiger charge is -2.24. The van der Waals surface area contributed by atoms with Crippen LogP contribution in [-0.2, 0) is 9.53 Å². The molecule has 0 N–H and O–H groups in total. The smallest absolute Gasteiger partial charge is 0.272 e. The van der Waals surface area contributed by atoms with Crippen LogP contribution in [0.3, 0.4) is 0 Å². The average molecular weight is 344 g/mol. The molecule has 0 aliphatic carbocycles. The van der Waals surface area contributed by atoms with Crippen LogP contribution in [0.25, 0.3) is 0 Å². The van der Waals surface area contributed by atoms with Crippen molar-refractivity contribution in [3.63, 3.8) is 0 Å². The molecule has 4 nitrogen and oxygen atoms in total. The largest absolute Gasteiger partial charge is 0.368 e. The highest BCUT2D eigenvalue weighted by atomic mass is 32.1. The number of carbonyl (C=O) groups excluding carboxylic acids is 1. The Balaban J connectivity index is 1.66. The van der Waals surface area contributed by atoms with E-state index < -0.39 is 6.10 Å². The van der Waals surface area contributed by atoms with Crippen molar-refractivity contribution in [3.05, 3.63) is 58.0 Å². The van der Waals surface area contributed by atoms with Crippen LogP contribution < -0.4 is 0 Å². The third-order valence-electron chi connectivity index (χ3n) is 4.40. The molecule has 6 heteroatoms. The lowest BCUT2D eigenvalue weighted by molar-refractivity contribution is -0.142. The molecule has 1 aromatic carbocycles. The highest BCUT2D eigenvalue weighted by Gasteiger charge is 2.38. The molecule has 2 aliphatic heterocycles. The quantitative estimate of drug-likeness (QED) is 0.851. The van der Waals surface area contributed by atoms with E-state index in [-0.39, 0.29) is 17.8 Å². The molecule has 2 atom stereocenters. The molecule has 0 bridgehead atoms. The molecule has 24 heavy (non-hydrogen) atoms. The summed E-state index contributed by atoms with van der Waals surface area (Å²) in [5.41, 5.74) is 1.78. The minimum atomic E-state index is -0.417. The molecular weight excluding hydrogens is 327 g/mol. The number of nitrogens with zero attached hydrogens (tertiary/aromatic N) is 2. The second-order valence-corrected chi connectivity index (χ2v) is 6.93. The summed E-state index contributed by atoms with van der Waals surface area (Å²) in [4.78, 5) is 13.9. The van der Waals surface area contributed by atoms with E-state index in [9.17, 15) is 9.18 Å². The molecule has 1 aromatic heterocycles. The molecular formula is C18H17FN2O2S. The number of hydrogen-bond acceptors (Lipinski definition) is 4. The van der Waals surface area contributed by atoms with E-state index in [0.29, 0.717) is 13.0 Å². The molecule has 0 radical (unpaired) electrons. The van der Waals surface area contributed by atoms with E-state index in [1.54, 1.807) is 23.5 Å². The van der Waals surface area contributed by atoms with Gasteiger partial charge in [-0.3, -0.25) is 4.79 Å². The zero-order chi connectivity index (χ0) is 16.5. The van der Waals surface area contributed by atoms with Gasteiger partial charge in [0, 0.05) is 13.0 Å². The maximum Gasteiger partial charge on any atom is 0.272 e. The fraction of sp³-hybridized carbons (Fsp3) is 0.333. The van der Waals surface area contributed by atoms with Gasteiger partial charge in [0.2, 0.25) is 0 Å². The number of hydrogen-bond donors (Lipinski definition) is 0. The second-order valence-electron chi connectivity index (χ2n) is 5.98. The van der Waals surface area contributed by atoms with Crippen LogP contribution in [0.1, 0.15) is 35.7 Å². The molecule has 1 saturated heterocycles. The van der Waals surface area contributed by atoms with E-state index in [4.69, 9.17) is 4.74 Å². The van der Waals surface area contributed by atoms with Crippen LogP contribution in [0.4, 0.5) is 4.39 Å². The van der Waals surface area contributed by atoms with Crippen LogP contribution in [-0.4, -0.2) is 29.3 Å². The van der Waals surface area contributed by atoms with Crippen molar-refractivity contribution in [1.29, 1.82) is 0 Å². The monoisotopic (exact) mass is 344 g/mol. The Bertz CT molecular complexity index is 752. The number of ether oxygens (including phenoxy) is 1. The molecule has 1 fully saturated rings. The summed E-state index contributed by atoms with van der Waals surface area (Å²) in [6, 6.07) is 10.1.